The van der Waals surface area contributed by atoms with Crippen LogP contribution in [0.5, 0.6) is 0 Å². The van der Waals surface area contributed by atoms with Gasteiger partial charge in [0.1, 0.15) is 0 Å². The summed E-state index contributed by atoms with van der Waals surface area (Å²) in [6.45, 7) is 4.50. The van der Waals surface area contributed by atoms with Crippen molar-refractivity contribution in [2.24, 2.45) is 5.73 Å². The molecule has 1 fully saturated rings. The van der Waals surface area contributed by atoms with Gasteiger partial charge in [-0.05, 0) is 38.8 Å². The SMILES string of the molecule is Cc1cccc(C2CCCN2C(=O)C(C)N)n1. The minimum absolute atomic E-state index is 0.0239. The minimum atomic E-state index is -0.430. The second kappa shape index (κ2) is 4.84. The van der Waals surface area contributed by atoms with E-state index >= 15 is 0 Å². The summed E-state index contributed by atoms with van der Waals surface area (Å²) in [4.78, 5) is 18.4. The van der Waals surface area contributed by atoms with Crippen molar-refractivity contribution in [1.29, 1.82) is 0 Å². The number of pyridine rings is 1. The lowest BCUT2D eigenvalue weighted by Crippen LogP contribution is -2.41. The van der Waals surface area contributed by atoms with Gasteiger partial charge < -0.3 is 10.6 Å². The van der Waals surface area contributed by atoms with E-state index in [2.05, 4.69) is 4.98 Å². The highest BCUT2D eigenvalue weighted by molar-refractivity contribution is 5.81. The lowest BCUT2D eigenvalue weighted by atomic mass is 10.1. The third-order valence-electron chi connectivity index (χ3n) is 3.18. The highest BCUT2D eigenvalue weighted by atomic mass is 16.2. The maximum Gasteiger partial charge on any atom is 0.239 e. The van der Waals surface area contributed by atoms with Crippen LogP contribution in [0.1, 0.15) is 37.2 Å². The van der Waals surface area contributed by atoms with E-state index in [4.69, 9.17) is 5.73 Å². The van der Waals surface area contributed by atoms with Crippen LogP contribution < -0.4 is 5.73 Å². The standard InChI is InChI=1S/C13H19N3O/c1-9-5-3-6-11(15-9)12-7-4-8-16(12)13(17)10(2)14/h3,5-6,10,12H,4,7-8,14H2,1-2H3. The molecule has 1 aliphatic heterocycles. The molecule has 1 amide bonds. The number of likely N-dealkylation sites (tertiary alicyclic amines) is 1. The Labute approximate surface area is 102 Å². The van der Waals surface area contributed by atoms with Crippen LogP contribution in [0.25, 0.3) is 0 Å². The molecular formula is C13H19N3O. The van der Waals surface area contributed by atoms with Gasteiger partial charge in [0.15, 0.2) is 0 Å². The molecule has 2 rings (SSSR count). The fraction of sp³-hybridized carbons (Fsp3) is 0.538. The second-order valence-corrected chi connectivity index (χ2v) is 4.68. The molecule has 1 saturated heterocycles. The molecular weight excluding hydrogens is 214 g/mol. The highest BCUT2D eigenvalue weighted by Crippen LogP contribution is 2.31. The number of rotatable bonds is 2. The maximum absolute atomic E-state index is 12.0. The molecule has 0 spiro atoms. The van der Waals surface area contributed by atoms with Crippen LogP contribution in [0, 0.1) is 6.92 Å². The summed E-state index contributed by atoms with van der Waals surface area (Å²) >= 11 is 0. The number of carbonyl (C=O) groups excluding carboxylic acids is 1. The van der Waals surface area contributed by atoms with Crippen LogP contribution in [0.2, 0.25) is 0 Å². The lowest BCUT2D eigenvalue weighted by Gasteiger charge is -2.26. The van der Waals surface area contributed by atoms with E-state index in [0.717, 1.165) is 30.8 Å². The van der Waals surface area contributed by atoms with E-state index in [1.165, 1.54) is 0 Å². The van der Waals surface area contributed by atoms with Crippen molar-refractivity contribution in [2.75, 3.05) is 6.54 Å². The Bertz CT molecular complexity index is 417. The number of carbonyl (C=O) groups is 1. The number of aryl methyl sites for hydroxylation is 1. The second-order valence-electron chi connectivity index (χ2n) is 4.68. The molecule has 1 aromatic rings. The van der Waals surface area contributed by atoms with E-state index < -0.39 is 6.04 Å². The van der Waals surface area contributed by atoms with Gasteiger partial charge in [-0.1, -0.05) is 6.07 Å². The summed E-state index contributed by atoms with van der Waals surface area (Å²) in [6.07, 6.45) is 2.01. The van der Waals surface area contributed by atoms with Crippen molar-refractivity contribution in [2.45, 2.75) is 38.8 Å². The third kappa shape index (κ3) is 2.47. The summed E-state index contributed by atoms with van der Waals surface area (Å²) < 4.78 is 0. The zero-order valence-corrected chi connectivity index (χ0v) is 10.4. The Morgan fingerprint density at radius 3 is 3.00 bits per heavy atom. The molecule has 4 heteroatoms. The average molecular weight is 233 g/mol. The summed E-state index contributed by atoms with van der Waals surface area (Å²) in [5.41, 5.74) is 7.65. The van der Waals surface area contributed by atoms with Crippen molar-refractivity contribution in [3.8, 4) is 0 Å². The molecule has 92 valence electrons. The molecule has 17 heavy (non-hydrogen) atoms. The number of aromatic nitrogens is 1. The van der Waals surface area contributed by atoms with Gasteiger partial charge in [0.05, 0.1) is 17.8 Å². The fourth-order valence-electron chi connectivity index (χ4n) is 2.35. The van der Waals surface area contributed by atoms with Gasteiger partial charge in [-0.2, -0.15) is 0 Å². The first-order valence-electron chi connectivity index (χ1n) is 6.09. The van der Waals surface area contributed by atoms with E-state index in [1.54, 1.807) is 6.92 Å². The van der Waals surface area contributed by atoms with E-state index in [9.17, 15) is 4.79 Å². The first-order chi connectivity index (χ1) is 8.09. The molecule has 0 radical (unpaired) electrons. The van der Waals surface area contributed by atoms with E-state index in [0.29, 0.717) is 0 Å². The molecule has 0 aliphatic carbocycles. The molecule has 2 N–H and O–H groups in total. The number of amides is 1. The normalized spacial score (nSPS) is 21.6. The molecule has 2 heterocycles. The van der Waals surface area contributed by atoms with Crippen molar-refractivity contribution < 1.29 is 4.79 Å². The zero-order valence-electron chi connectivity index (χ0n) is 10.4. The summed E-state index contributed by atoms with van der Waals surface area (Å²) in [5, 5.41) is 0. The Hall–Kier alpha value is -1.42. The molecule has 1 aromatic heterocycles. The first kappa shape index (κ1) is 12.0. The van der Waals surface area contributed by atoms with Crippen molar-refractivity contribution in [3.05, 3.63) is 29.6 Å². The van der Waals surface area contributed by atoms with E-state index in [1.807, 2.05) is 30.0 Å². The molecule has 0 aromatic carbocycles. The maximum atomic E-state index is 12.0. The molecule has 1 aliphatic rings. The predicted molar refractivity (Wildman–Crippen MR) is 66.3 cm³/mol. The Kier molecular flexibility index (Phi) is 3.43. The molecule has 4 nitrogen and oxygen atoms in total. The third-order valence-corrected chi connectivity index (χ3v) is 3.18. The van der Waals surface area contributed by atoms with Gasteiger partial charge >= 0.3 is 0 Å². The topological polar surface area (TPSA) is 59.2 Å². The number of hydrogen-bond donors (Lipinski definition) is 1. The predicted octanol–water partition coefficient (Wildman–Crippen LogP) is 1.40. The van der Waals surface area contributed by atoms with Gasteiger partial charge in [0, 0.05) is 12.2 Å². The fourth-order valence-corrected chi connectivity index (χ4v) is 2.35. The molecule has 0 saturated carbocycles. The molecule has 2 unspecified atom stereocenters. The monoisotopic (exact) mass is 233 g/mol. The number of nitrogens with zero attached hydrogens (tertiary/aromatic N) is 2. The van der Waals surface area contributed by atoms with Gasteiger partial charge in [-0.15, -0.1) is 0 Å². The summed E-state index contributed by atoms with van der Waals surface area (Å²) in [7, 11) is 0. The van der Waals surface area contributed by atoms with Crippen LogP contribution in [0.15, 0.2) is 18.2 Å². The van der Waals surface area contributed by atoms with Crippen molar-refractivity contribution in [3.63, 3.8) is 0 Å². The van der Waals surface area contributed by atoms with Crippen molar-refractivity contribution >= 4 is 5.91 Å². The number of hydrogen-bond acceptors (Lipinski definition) is 3. The zero-order chi connectivity index (χ0) is 12.4. The van der Waals surface area contributed by atoms with Gasteiger partial charge in [0.25, 0.3) is 0 Å². The van der Waals surface area contributed by atoms with Crippen LogP contribution >= 0.6 is 0 Å². The Morgan fingerprint density at radius 2 is 2.35 bits per heavy atom. The van der Waals surface area contributed by atoms with Crippen molar-refractivity contribution in [1.82, 2.24) is 9.88 Å². The summed E-state index contributed by atoms with van der Waals surface area (Å²) in [6, 6.07) is 5.62. The molecule has 2 atom stereocenters. The minimum Gasteiger partial charge on any atom is -0.333 e. The van der Waals surface area contributed by atoms with Gasteiger partial charge in [-0.3, -0.25) is 9.78 Å². The van der Waals surface area contributed by atoms with Gasteiger partial charge in [0.2, 0.25) is 5.91 Å². The highest BCUT2D eigenvalue weighted by Gasteiger charge is 2.31. The van der Waals surface area contributed by atoms with E-state index in [-0.39, 0.29) is 11.9 Å². The smallest absolute Gasteiger partial charge is 0.239 e. The Balaban J connectivity index is 2.23. The average Bonchev–Trinajstić information content (AvgIpc) is 2.76. The molecule has 0 bridgehead atoms. The van der Waals surface area contributed by atoms with Crippen LogP contribution in [-0.4, -0.2) is 28.4 Å². The largest absolute Gasteiger partial charge is 0.333 e. The quantitative estimate of drug-likeness (QED) is 0.840. The first-order valence-corrected chi connectivity index (χ1v) is 6.09. The van der Waals surface area contributed by atoms with Crippen LogP contribution in [0.4, 0.5) is 0 Å². The van der Waals surface area contributed by atoms with Crippen LogP contribution in [-0.2, 0) is 4.79 Å². The van der Waals surface area contributed by atoms with Gasteiger partial charge in [-0.25, -0.2) is 0 Å². The number of nitrogens with two attached hydrogens (primary N) is 1. The summed E-state index contributed by atoms with van der Waals surface area (Å²) in [5.74, 6) is 0.0239. The lowest BCUT2D eigenvalue weighted by molar-refractivity contribution is -0.133. The van der Waals surface area contributed by atoms with Crippen LogP contribution in [0.3, 0.4) is 0 Å². The Morgan fingerprint density at radius 1 is 1.59 bits per heavy atom.